The predicted octanol–water partition coefficient (Wildman–Crippen LogP) is 5.84. The second-order valence-electron chi connectivity index (χ2n) is 6.28. The Bertz CT molecular complexity index is 1210. The van der Waals surface area contributed by atoms with Crippen LogP contribution in [0.5, 0.6) is 0 Å². The first-order valence-electron chi connectivity index (χ1n) is 8.16. The third-order valence-electron chi connectivity index (χ3n) is 4.66. The predicted molar refractivity (Wildman–Crippen MR) is 101 cm³/mol. The van der Waals surface area contributed by atoms with Crippen LogP contribution in [0.2, 0.25) is 0 Å². The maximum absolute atomic E-state index is 4.50. The molecule has 0 aliphatic carbocycles. The Labute approximate surface area is 139 Å². The van der Waals surface area contributed by atoms with E-state index in [9.17, 15) is 0 Å². The molecule has 0 atom stereocenters. The van der Waals surface area contributed by atoms with Crippen LogP contribution in [0.25, 0.3) is 43.7 Å². The van der Waals surface area contributed by atoms with Crippen molar-refractivity contribution in [2.45, 2.75) is 6.92 Å². The van der Waals surface area contributed by atoms with Crippen molar-refractivity contribution in [3.8, 4) is 11.1 Å². The monoisotopic (exact) mass is 308 g/mol. The summed E-state index contributed by atoms with van der Waals surface area (Å²) in [6, 6.07) is 26.0. The van der Waals surface area contributed by atoms with Crippen molar-refractivity contribution >= 4 is 32.6 Å². The fourth-order valence-electron chi connectivity index (χ4n) is 3.52. The van der Waals surface area contributed by atoms with E-state index in [1.54, 1.807) is 0 Å². The van der Waals surface area contributed by atoms with Crippen LogP contribution in [-0.4, -0.2) is 9.97 Å². The van der Waals surface area contributed by atoms with Crippen LogP contribution in [0.4, 0.5) is 0 Å². The molecule has 24 heavy (non-hydrogen) atoms. The second-order valence-corrected chi connectivity index (χ2v) is 6.28. The van der Waals surface area contributed by atoms with Gasteiger partial charge in [-0.2, -0.15) is 0 Å². The molecule has 1 N–H and O–H groups in total. The van der Waals surface area contributed by atoms with Crippen molar-refractivity contribution in [2.75, 3.05) is 0 Å². The summed E-state index contributed by atoms with van der Waals surface area (Å²) in [6.45, 7) is 1.99. The lowest BCUT2D eigenvalue weighted by Gasteiger charge is -2.09. The maximum Gasteiger partial charge on any atom is 0.104 e. The van der Waals surface area contributed by atoms with Gasteiger partial charge in [-0.05, 0) is 63.9 Å². The Morgan fingerprint density at radius 1 is 0.750 bits per heavy atom. The zero-order valence-electron chi connectivity index (χ0n) is 13.4. The molecular weight excluding hydrogens is 292 g/mol. The van der Waals surface area contributed by atoms with Crippen LogP contribution < -0.4 is 0 Å². The van der Waals surface area contributed by atoms with E-state index < -0.39 is 0 Å². The van der Waals surface area contributed by atoms with E-state index in [-0.39, 0.29) is 0 Å². The topological polar surface area (TPSA) is 28.7 Å². The van der Waals surface area contributed by atoms with Crippen LogP contribution in [0, 0.1) is 6.92 Å². The number of aromatic amines is 1. The molecule has 0 spiro atoms. The average Bonchev–Trinajstić information content (AvgIpc) is 2.98. The molecule has 0 amide bonds. The lowest BCUT2D eigenvalue weighted by Crippen LogP contribution is -1.83. The molecule has 1 aromatic heterocycles. The number of nitrogens with one attached hydrogen (secondary N) is 1. The molecular formula is C22H16N2. The molecule has 5 aromatic rings. The van der Waals surface area contributed by atoms with E-state index in [1.165, 1.54) is 32.7 Å². The van der Waals surface area contributed by atoms with E-state index in [4.69, 9.17) is 0 Å². The highest BCUT2D eigenvalue weighted by Crippen LogP contribution is 2.32. The number of aryl methyl sites for hydroxylation is 1. The summed E-state index contributed by atoms with van der Waals surface area (Å²) in [5, 5.41) is 5.11. The molecule has 0 aliphatic rings. The van der Waals surface area contributed by atoms with E-state index in [0.717, 1.165) is 16.9 Å². The van der Waals surface area contributed by atoms with Crippen LogP contribution >= 0.6 is 0 Å². The fourth-order valence-corrected chi connectivity index (χ4v) is 3.52. The SMILES string of the molecule is Cc1nc2ccc(-c3cccc4cc5ccccc5cc34)cc2[nH]1. The Balaban J connectivity index is 1.81. The summed E-state index contributed by atoms with van der Waals surface area (Å²) in [7, 11) is 0. The van der Waals surface area contributed by atoms with Crippen LogP contribution in [0.1, 0.15) is 5.82 Å². The molecule has 4 aromatic carbocycles. The standard InChI is InChI=1S/C22H16N2/c1-14-23-21-10-9-18(13-22(21)24-14)19-8-4-7-17-11-15-5-2-3-6-16(15)12-20(17)19/h2-13H,1H3,(H,23,24). The van der Waals surface area contributed by atoms with Gasteiger partial charge >= 0.3 is 0 Å². The molecule has 2 nitrogen and oxygen atoms in total. The van der Waals surface area contributed by atoms with Gasteiger partial charge in [0.15, 0.2) is 0 Å². The minimum Gasteiger partial charge on any atom is -0.342 e. The number of fused-ring (bicyclic) bond motifs is 3. The summed E-state index contributed by atoms with van der Waals surface area (Å²) in [5.41, 5.74) is 4.57. The number of benzene rings is 4. The summed E-state index contributed by atoms with van der Waals surface area (Å²) < 4.78 is 0. The largest absolute Gasteiger partial charge is 0.342 e. The number of H-pyrrole nitrogens is 1. The zero-order valence-corrected chi connectivity index (χ0v) is 13.4. The van der Waals surface area contributed by atoms with Crippen LogP contribution in [-0.2, 0) is 0 Å². The Morgan fingerprint density at radius 2 is 1.54 bits per heavy atom. The summed E-state index contributed by atoms with van der Waals surface area (Å²) in [4.78, 5) is 7.83. The van der Waals surface area contributed by atoms with Crippen molar-refractivity contribution in [2.24, 2.45) is 0 Å². The quantitative estimate of drug-likeness (QED) is 0.387. The Hall–Kier alpha value is -3.13. The first-order chi connectivity index (χ1) is 11.8. The molecule has 5 rings (SSSR count). The molecule has 0 saturated heterocycles. The average molecular weight is 308 g/mol. The lowest BCUT2D eigenvalue weighted by atomic mass is 9.95. The molecule has 1 heterocycles. The van der Waals surface area contributed by atoms with E-state index in [0.29, 0.717) is 0 Å². The molecule has 0 fully saturated rings. The molecule has 0 aliphatic heterocycles. The second kappa shape index (κ2) is 4.93. The van der Waals surface area contributed by atoms with Crippen molar-refractivity contribution < 1.29 is 0 Å². The van der Waals surface area contributed by atoms with Gasteiger partial charge in [0, 0.05) is 0 Å². The van der Waals surface area contributed by atoms with Crippen molar-refractivity contribution in [1.29, 1.82) is 0 Å². The smallest absolute Gasteiger partial charge is 0.104 e. The highest BCUT2D eigenvalue weighted by atomic mass is 14.9. The van der Waals surface area contributed by atoms with E-state index >= 15 is 0 Å². The normalized spacial score (nSPS) is 11.5. The van der Waals surface area contributed by atoms with Gasteiger partial charge in [0.1, 0.15) is 5.82 Å². The number of nitrogens with zero attached hydrogens (tertiary/aromatic N) is 1. The van der Waals surface area contributed by atoms with E-state index in [1.807, 2.05) is 6.92 Å². The maximum atomic E-state index is 4.50. The molecule has 0 bridgehead atoms. The first kappa shape index (κ1) is 13.3. The first-order valence-corrected chi connectivity index (χ1v) is 8.16. The minimum atomic E-state index is 0.950. The van der Waals surface area contributed by atoms with Crippen LogP contribution in [0.15, 0.2) is 72.8 Å². The highest BCUT2D eigenvalue weighted by molar-refractivity contribution is 6.05. The molecule has 0 saturated carbocycles. The van der Waals surface area contributed by atoms with Crippen molar-refractivity contribution in [3.63, 3.8) is 0 Å². The highest BCUT2D eigenvalue weighted by Gasteiger charge is 2.07. The van der Waals surface area contributed by atoms with Gasteiger partial charge in [0.2, 0.25) is 0 Å². The van der Waals surface area contributed by atoms with Gasteiger partial charge in [-0.15, -0.1) is 0 Å². The Kier molecular flexibility index (Phi) is 2.74. The zero-order chi connectivity index (χ0) is 16.1. The van der Waals surface area contributed by atoms with Gasteiger partial charge in [-0.25, -0.2) is 4.98 Å². The molecule has 2 heteroatoms. The minimum absolute atomic E-state index is 0.950. The molecule has 0 unspecified atom stereocenters. The number of aromatic nitrogens is 2. The van der Waals surface area contributed by atoms with Gasteiger partial charge < -0.3 is 4.98 Å². The van der Waals surface area contributed by atoms with Gasteiger partial charge in [0.25, 0.3) is 0 Å². The van der Waals surface area contributed by atoms with Crippen LogP contribution in [0.3, 0.4) is 0 Å². The van der Waals surface area contributed by atoms with E-state index in [2.05, 4.69) is 82.8 Å². The third kappa shape index (κ3) is 2.00. The number of hydrogen-bond donors (Lipinski definition) is 1. The number of imidazole rings is 1. The summed E-state index contributed by atoms with van der Waals surface area (Å²) in [6.07, 6.45) is 0. The summed E-state index contributed by atoms with van der Waals surface area (Å²) >= 11 is 0. The molecule has 0 radical (unpaired) electrons. The Morgan fingerprint density at radius 3 is 2.42 bits per heavy atom. The number of hydrogen-bond acceptors (Lipinski definition) is 1. The third-order valence-corrected chi connectivity index (χ3v) is 4.66. The van der Waals surface area contributed by atoms with Gasteiger partial charge in [-0.1, -0.05) is 48.5 Å². The summed E-state index contributed by atoms with van der Waals surface area (Å²) in [5.74, 6) is 0.950. The van der Waals surface area contributed by atoms with Crippen molar-refractivity contribution in [3.05, 3.63) is 78.6 Å². The van der Waals surface area contributed by atoms with Crippen molar-refractivity contribution in [1.82, 2.24) is 9.97 Å². The van der Waals surface area contributed by atoms with Gasteiger partial charge in [0.05, 0.1) is 11.0 Å². The van der Waals surface area contributed by atoms with Gasteiger partial charge in [-0.3, -0.25) is 0 Å². The fraction of sp³-hybridized carbons (Fsp3) is 0.0455. The number of rotatable bonds is 1. The lowest BCUT2D eigenvalue weighted by molar-refractivity contribution is 1.17. The molecule has 114 valence electrons.